The molecule has 4 aromatic rings. The average molecular weight is 991 g/mol. The van der Waals surface area contributed by atoms with E-state index in [-0.39, 0.29) is 35.7 Å². The molecule has 296 valence electrons. The molecule has 0 saturated carbocycles. The van der Waals surface area contributed by atoms with Crippen LogP contribution in [0.25, 0.3) is 22.3 Å². The van der Waals surface area contributed by atoms with Crippen LogP contribution in [0.2, 0.25) is 26.2 Å². The van der Waals surface area contributed by atoms with Gasteiger partial charge in [0.2, 0.25) is 0 Å². The average Bonchev–Trinajstić information content (AvgIpc) is 4.01. The smallest absolute Gasteiger partial charge is 0.0408 e. The first kappa shape index (κ1) is 53.6. The summed E-state index contributed by atoms with van der Waals surface area (Å²) in [7, 11) is 0. The molecule has 8 rings (SSSR count). The van der Waals surface area contributed by atoms with Crippen LogP contribution >= 0.6 is 0 Å². The first-order valence-corrected chi connectivity index (χ1v) is 31.7. The molecule has 0 unspecified atom stereocenters. The SMILES string of the molecule is C[Si](C)=[Zr+2].C[Si](C)=[Zr+2].Cc1cccc(C2=[C-]CC=C2)c1.Cc1cccc(C2=[C-]CC=C2)c1.Cc1cccc(C2=[C-]CC=C2)c1.Cc1cccc(C2=[C-]CC=C2)c1.[Cl-].[Cl-]. The molecule has 4 aliphatic rings. The van der Waals surface area contributed by atoms with Crippen molar-refractivity contribution in [3.8, 4) is 0 Å². The van der Waals surface area contributed by atoms with Gasteiger partial charge in [-0.25, -0.2) is 0 Å². The third kappa shape index (κ3) is 22.3. The van der Waals surface area contributed by atoms with Crippen molar-refractivity contribution < 1.29 is 71.5 Å². The number of hydrogen-bond donors (Lipinski definition) is 0. The molecule has 0 aliphatic heterocycles. The minimum absolute atomic E-state index is 0. The van der Waals surface area contributed by atoms with Gasteiger partial charge in [0.15, 0.2) is 0 Å². The van der Waals surface area contributed by atoms with Crippen molar-refractivity contribution in [3.63, 3.8) is 0 Å². The number of benzene rings is 4. The Balaban J connectivity index is 0.000000360. The summed E-state index contributed by atoms with van der Waals surface area (Å²) in [5.74, 6) is 0. The predicted octanol–water partition coefficient (Wildman–Crippen LogP) is 8.14. The molecule has 0 saturated heterocycles. The zero-order valence-electron chi connectivity index (χ0n) is 35.4. The Kier molecular flexibility index (Phi) is 28.3. The predicted molar refractivity (Wildman–Crippen MR) is 241 cm³/mol. The second-order valence-corrected chi connectivity index (χ2v) is 33.0. The molecule has 0 spiro atoms. The maximum atomic E-state index is 3.31. The maximum Gasteiger partial charge on any atom is -0.0408 e. The van der Waals surface area contributed by atoms with Crippen molar-refractivity contribution in [2.45, 2.75) is 79.6 Å². The van der Waals surface area contributed by atoms with Crippen molar-refractivity contribution in [1.82, 2.24) is 0 Å². The van der Waals surface area contributed by atoms with Gasteiger partial charge in [-0.3, -0.25) is 0 Å². The number of halogens is 2. The summed E-state index contributed by atoms with van der Waals surface area (Å²) in [6, 6.07) is 34.1. The van der Waals surface area contributed by atoms with Crippen LogP contribution < -0.4 is 24.8 Å². The summed E-state index contributed by atoms with van der Waals surface area (Å²) in [5.41, 5.74) is 15.7. The van der Waals surface area contributed by atoms with Gasteiger partial charge in [-0.1, -0.05) is 96.5 Å². The van der Waals surface area contributed by atoms with E-state index in [1.165, 1.54) is 66.8 Å². The van der Waals surface area contributed by atoms with Gasteiger partial charge in [0.1, 0.15) is 0 Å². The fraction of sp³-hybridized carbons (Fsp3) is 0.231. The van der Waals surface area contributed by atoms with E-state index in [0.29, 0.717) is 0 Å². The molecule has 0 nitrogen and oxygen atoms in total. The zero-order chi connectivity index (χ0) is 40.7. The summed E-state index contributed by atoms with van der Waals surface area (Å²) in [5, 5.41) is 0. The molecule has 4 aromatic carbocycles. The van der Waals surface area contributed by atoms with Crippen LogP contribution in [0.15, 0.2) is 146 Å². The van der Waals surface area contributed by atoms with E-state index < -0.39 is 0 Å². The molecular formula is C52H56Cl2Si2Zr2-2. The fourth-order valence-electron chi connectivity index (χ4n) is 5.66. The van der Waals surface area contributed by atoms with Crippen molar-refractivity contribution in [1.29, 1.82) is 0 Å². The van der Waals surface area contributed by atoms with E-state index in [9.17, 15) is 0 Å². The first-order chi connectivity index (χ1) is 26.9. The minimum Gasteiger partial charge on any atom is -1.00 e. The van der Waals surface area contributed by atoms with E-state index in [0.717, 1.165) is 25.7 Å². The van der Waals surface area contributed by atoms with Crippen LogP contribution in [-0.2, 0) is 46.7 Å². The second-order valence-electron chi connectivity index (χ2n) is 14.3. The number of rotatable bonds is 4. The maximum absolute atomic E-state index is 3.31. The van der Waals surface area contributed by atoms with Gasteiger partial charge in [-0.15, -0.1) is 95.1 Å². The Morgan fingerprint density at radius 2 is 0.569 bits per heavy atom. The molecule has 0 heterocycles. The van der Waals surface area contributed by atoms with E-state index in [1.54, 1.807) is 46.7 Å². The van der Waals surface area contributed by atoms with Crippen molar-refractivity contribution in [2.75, 3.05) is 0 Å². The number of hydrogen-bond acceptors (Lipinski definition) is 0. The normalized spacial score (nSPS) is 13.3. The molecule has 0 amide bonds. The summed E-state index contributed by atoms with van der Waals surface area (Å²) in [6.45, 7) is 17.7. The third-order valence-corrected chi connectivity index (χ3v) is 8.10. The largest absolute Gasteiger partial charge is 1.00 e. The molecular weight excluding hydrogens is 934 g/mol. The van der Waals surface area contributed by atoms with E-state index >= 15 is 0 Å². The van der Waals surface area contributed by atoms with E-state index in [4.69, 9.17) is 0 Å². The van der Waals surface area contributed by atoms with Crippen LogP contribution in [0.3, 0.4) is 0 Å². The summed E-state index contributed by atoms with van der Waals surface area (Å²) in [4.78, 5) is 0. The Labute approximate surface area is 394 Å². The van der Waals surface area contributed by atoms with Gasteiger partial charge in [0.05, 0.1) is 0 Å². The van der Waals surface area contributed by atoms with Crippen LogP contribution in [0, 0.1) is 52.0 Å². The Morgan fingerprint density at radius 3 is 0.707 bits per heavy atom. The Bertz CT molecular complexity index is 1870. The van der Waals surface area contributed by atoms with Gasteiger partial charge in [-0.2, -0.15) is 70.9 Å². The number of aryl methyl sites for hydroxylation is 4. The molecule has 0 radical (unpaired) electrons. The minimum atomic E-state index is 0. The molecule has 0 bridgehead atoms. The Morgan fingerprint density at radius 1 is 0.379 bits per heavy atom. The molecule has 4 aliphatic carbocycles. The standard InChI is InChI=1S/4C12H11.2C2H6Si.2ClH.2Zr/c4*1-10-5-4-8-12(9-10)11-6-2-3-7-11;2*1-3-2;;;;/h4*2,4-6,8-9H,3H2,1H3;2*1-2H3;2*1H;;/q4*-1;;;;;2*+2/p-2. The third-order valence-electron chi connectivity index (χ3n) is 8.10. The van der Waals surface area contributed by atoms with Gasteiger partial charge in [0, 0.05) is 0 Å². The summed E-state index contributed by atoms with van der Waals surface area (Å²) < 4.78 is 0. The van der Waals surface area contributed by atoms with Gasteiger partial charge >= 0.3 is 83.7 Å². The van der Waals surface area contributed by atoms with Crippen molar-refractivity contribution >= 4 is 33.2 Å². The monoisotopic (exact) mass is 986 g/mol. The van der Waals surface area contributed by atoms with Crippen LogP contribution in [-0.4, -0.2) is 10.9 Å². The molecule has 0 N–H and O–H groups in total. The molecule has 58 heavy (non-hydrogen) atoms. The van der Waals surface area contributed by atoms with Gasteiger partial charge in [0.25, 0.3) is 0 Å². The van der Waals surface area contributed by atoms with Gasteiger partial charge < -0.3 is 24.8 Å². The van der Waals surface area contributed by atoms with Crippen LogP contribution in [0.1, 0.15) is 70.2 Å². The Hall–Kier alpha value is -2.42. The molecule has 0 atom stereocenters. The first-order valence-electron chi connectivity index (χ1n) is 19.3. The zero-order valence-corrected chi connectivity index (χ0v) is 43.9. The molecule has 0 aromatic heterocycles. The van der Waals surface area contributed by atoms with Crippen molar-refractivity contribution in [2.24, 2.45) is 0 Å². The second kappa shape index (κ2) is 30.6. The summed E-state index contributed by atoms with van der Waals surface area (Å²) in [6.07, 6.45) is 34.2. The number of allylic oxidation sites excluding steroid dienone is 16. The van der Waals surface area contributed by atoms with Gasteiger partial charge in [-0.05, 0) is 27.7 Å². The van der Waals surface area contributed by atoms with E-state index in [2.05, 4.69) is 224 Å². The fourth-order valence-corrected chi connectivity index (χ4v) is 5.66. The van der Waals surface area contributed by atoms with E-state index in [1.807, 2.05) is 0 Å². The van der Waals surface area contributed by atoms with Crippen LogP contribution in [0.4, 0.5) is 0 Å². The molecule has 0 fully saturated rings. The van der Waals surface area contributed by atoms with Crippen LogP contribution in [0.5, 0.6) is 0 Å². The molecule has 6 heteroatoms. The quantitative estimate of drug-likeness (QED) is 0.143. The topological polar surface area (TPSA) is 0 Å². The summed E-state index contributed by atoms with van der Waals surface area (Å²) >= 11 is 3.48. The van der Waals surface area contributed by atoms with Crippen molar-refractivity contribution in [3.05, 3.63) is 214 Å².